The number of hydrogen-bond acceptors (Lipinski definition) is 2. The monoisotopic (exact) mass is 182 g/mol. The van der Waals surface area contributed by atoms with E-state index in [-0.39, 0.29) is 0 Å². The predicted octanol–water partition coefficient (Wildman–Crippen LogP) is 1.45. The summed E-state index contributed by atoms with van der Waals surface area (Å²) in [5.74, 6) is 0.776. The van der Waals surface area contributed by atoms with E-state index in [0.717, 1.165) is 12.0 Å². The molecule has 3 atom stereocenters. The molecule has 0 aromatic carbocycles. The summed E-state index contributed by atoms with van der Waals surface area (Å²) in [6.45, 7) is 5.89. The summed E-state index contributed by atoms with van der Waals surface area (Å²) < 4.78 is 0. The Morgan fingerprint density at radius 2 is 2.08 bits per heavy atom. The van der Waals surface area contributed by atoms with Crippen LogP contribution in [0.3, 0.4) is 0 Å². The van der Waals surface area contributed by atoms with Gasteiger partial charge in [-0.1, -0.05) is 13.8 Å². The molecule has 0 aromatic rings. The second kappa shape index (κ2) is 2.96. The van der Waals surface area contributed by atoms with Crippen LogP contribution in [0.25, 0.3) is 0 Å². The van der Waals surface area contributed by atoms with Gasteiger partial charge in [0.25, 0.3) is 0 Å². The SMILES string of the molecule is CN1CCCC1CC1C(N)C1(C)C. The molecule has 2 nitrogen and oxygen atoms in total. The van der Waals surface area contributed by atoms with E-state index in [1.54, 1.807) is 0 Å². The van der Waals surface area contributed by atoms with E-state index < -0.39 is 0 Å². The average molecular weight is 182 g/mol. The van der Waals surface area contributed by atoms with Crippen LogP contribution in [0.5, 0.6) is 0 Å². The summed E-state index contributed by atoms with van der Waals surface area (Å²) >= 11 is 0. The second-order valence-corrected chi connectivity index (χ2v) is 5.47. The fraction of sp³-hybridized carbons (Fsp3) is 1.00. The standard InChI is InChI=1S/C11H22N2/c1-11(2)9(10(11)12)7-8-5-4-6-13(8)3/h8-10H,4-7,12H2,1-3H3. The lowest BCUT2D eigenvalue weighted by molar-refractivity contribution is 0.276. The lowest BCUT2D eigenvalue weighted by atomic mass is 10.0. The molecule has 2 heteroatoms. The van der Waals surface area contributed by atoms with Crippen molar-refractivity contribution in [1.29, 1.82) is 0 Å². The molecule has 0 radical (unpaired) electrons. The molecule has 1 aliphatic heterocycles. The maximum Gasteiger partial charge on any atom is 0.0128 e. The molecule has 0 bridgehead atoms. The van der Waals surface area contributed by atoms with Crippen LogP contribution in [-0.4, -0.2) is 30.6 Å². The van der Waals surface area contributed by atoms with Crippen molar-refractivity contribution >= 4 is 0 Å². The zero-order chi connectivity index (χ0) is 9.64. The molecule has 0 amide bonds. The third kappa shape index (κ3) is 1.50. The van der Waals surface area contributed by atoms with Crippen LogP contribution in [-0.2, 0) is 0 Å². The lowest BCUT2D eigenvalue weighted by Crippen LogP contribution is -2.26. The van der Waals surface area contributed by atoms with Gasteiger partial charge in [0.15, 0.2) is 0 Å². The fourth-order valence-corrected chi connectivity index (χ4v) is 2.81. The Morgan fingerprint density at radius 1 is 1.46 bits per heavy atom. The molecule has 0 spiro atoms. The van der Waals surface area contributed by atoms with E-state index in [0.29, 0.717) is 11.5 Å². The van der Waals surface area contributed by atoms with Crippen molar-refractivity contribution in [3.63, 3.8) is 0 Å². The predicted molar refractivity (Wildman–Crippen MR) is 55.5 cm³/mol. The van der Waals surface area contributed by atoms with Gasteiger partial charge >= 0.3 is 0 Å². The van der Waals surface area contributed by atoms with Gasteiger partial charge in [-0.05, 0) is 44.2 Å². The van der Waals surface area contributed by atoms with Crippen LogP contribution >= 0.6 is 0 Å². The van der Waals surface area contributed by atoms with Crippen LogP contribution in [0.4, 0.5) is 0 Å². The Kier molecular flexibility index (Phi) is 2.16. The number of likely N-dealkylation sites (tertiary alicyclic amines) is 1. The van der Waals surface area contributed by atoms with E-state index in [2.05, 4.69) is 25.8 Å². The van der Waals surface area contributed by atoms with Gasteiger partial charge in [-0.3, -0.25) is 0 Å². The van der Waals surface area contributed by atoms with E-state index in [1.165, 1.54) is 25.8 Å². The Morgan fingerprint density at radius 3 is 2.46 bits per heavy atom. The largest absolute Gasteiger partial charge is 0.327 e. The van der Waals surface area contributed by atoms with E-state index in [9.17, 15) is 0 Å². The van der Waals surface area contributed by atoms with Gasteiger partial charge in [0.05, 0.1) is 0 Å². The van der Waals surface area contributed by atoms with Gasteiger partial charge in [0.2, 0.25) is 0 Å². The molecule has 13 heavy (non-hydrogen) atoms. The van der Waals surface area contributed by atoms with Gasteiger partial charge in [0.1, 0.15) is 0 Å². The highest BCUT2D eigenvalue weighted by Crippen LogP contribution is 2.53. The third-order valence-electron chi connectivity index (χ3n) is 4.34. The molecule has 1 saturated heterocycles. The third-order valence-corrected chi connectivity index (χ3v) is 4.34. The summed E-state index contributed by atoms with van der Waals surface area (Å²) in [5.41, 5.74) is 6.47. The Hall–Kier alpha value is -0.0800. The maximum atomic E-state index is 6.05. The molecular formula is C11H22N2. The Balaban J connectivity index is 1.86. The van der Waals surface area contributed by atoms with Crippen molar-refractivity contribution in [2.45, 2.75) is 45.2 Å². The highest BCUT2D eigenvalue weighted by molar-refractivity contribution is 5.10. The Labute approximate surface area is 81.5 Å². The molecule has 0 aromatic heterocycles. The molecule has 1 heterocycles. The van der Waals surface area contributed by atoms with Gasteiger partial charge in [-0.15, -0.1) is 0 Å². The zero-order valence-corrected chi connectivity index (χ0v) is 9.09. The molecule has 2 rings (SSSR count). The zero-order valence-electron chi connectivity index (χ0n) is 9.09. The summed E-state index contributed by atoms with van der Waals surface area (Å²) in [4.78, 5) is 2.50. The van der Waals surface area contributed by atoms with Crippen molar-refractivity contribution in [3.05, 3.63) is 0 Å². The molecule has 3 unspecified atom stereocenters. The molecule has 76 valence electrons. The molecular weight excluding hydrogens is 160 g/mol. The minimum Gasteiger partial charge on any atom is -0.327 e. The summed E-state index contributed by atoms with van der Waals surface area (Å²) in [5, 5.41) is 0. The Bertz CT molecular complexity index is 196. The van der Waals surface area contributed by atoms with Crippen molar-refractivity contribution in [2.75, 3.05) is 13.6 Å². The van der Waals surface area contributed by atoms with E-state index in [4.69, 9.17) is 5.73 Å². The van der Waals surface area contributed by atoms with Crippen LogP contribution < -0.4 is 5.73 Å². The van der Waals surface area contributed by atoms with Crippen molar-refractivity contribution in [1.82, 2.24) is 4.90 Å². The summed E-state index contributed by atoms with van der Waals surface area (Å²) in [6.07, 6.45) is 4.09. The fourth-order valence-electron chi connectivity index (χ4n) is 2.81. The number of hydrogen-bond donors (Lipinski definition) is 1. The summed E-state index contributed by atoms with van der Waals surface area (Å²) in [6, 6.07) is 1.28. The van der Waals surface area contributed by atoms with Gasteiger partial charge in [-0.2, -0.15) is 0 Å². The second-order valence-electron chi connectivity index (χ2n) is 5.47. The quantitative estimate of drug-likeness (QED) is 0.700. The molecule has 2 fully saturated rings. The normalized spacial score (nSPS) is 43.8. The van der Waals surface area contributed by atoms with Gasteiger partial charge in [0, 0.05) is 12.1 Å². The summed E-state index contributed by atoms with van der Waals surface area (Å²) in [7, 11) is 2.25. The molecule has 2 N–H and O–H groups in total. The first-order valence-corrected chi connectivity index (χ1v) is 5.49. The topological polar surface area (TPSA) is 29.3 Å². The van der Waals surface area contributed by atoms with Crippen molar-refractivity contribution < 1.29 is 0 Å². The van der Waals surface area contributed by atoms with Crippen LogP contribution in [0.1, 0.15) is 33.1 Å². The van der Waals surface area contributed by atoms with Crippen LogP contribution in [0, 0.1) is 11.3 Å². The van der Waals surface area contributed by atoms with Crippen LogP contribution in [0.15, 0.2) is 0 Å². The number of rotatable bonds is 2. The first kappa shape index (κ1) is 9.47. The maximum absolute atomic E-state index is 6.05. The van der Waals surface area contributed by atoms with Crippen molar-refractivity contribution in [2.24, 2.45) is 17.1 Å². The minimum atomic E-state index is 0.420. The number of nitrogens with zero attached hydrogens (tertiary/aromatic N) is 1. The first-order valence-electron chi connectivity index (χ1n) is 5.49. The van der Waals surface area contributed by atoms with Crippen molar-refractivity contribution in [3.8, 4) is 0 Å². The highest BCUT2D eigenvalue weighted by Gasteiger charge is 2.55. The van der Waals surface area contributed by atoms with Gasteiger partial charge in [-0.25, -0.2) is 0 Å². The first-order chi connectivity index (χ1) is 6.03. The molecule has 1 saturated carbocycles. The highest BCUT2D eigenvalue weighted by atomic mass is 15.1. The number of nitrogens with two attached hydrogens (primary N) is 1. The lowest BCUT2D eigenvalue weighted by Gasteiger charge is -2.19. The van der Waals surface area contributed by atoms with Crippen LogP contribution in [0.2, 0.25) is 0 Å². The average Bonchev–Trinajstić information content (AvgIpc) is 2.48. The van der Waals surface area contributed by atoms with E-state index in [1.807, 2.05) is 0 Å². The van der Waals surface area contributed by atoms with Gasteiger partial charge < -0.3 is 10.6 Å². The minimum absolute atomic E-state index is 0.420. The molecule has 2 aliphatic rings. The van der Waals surface area contributed by atoms with E-state index >= 15 is 0 Å². The smallest absolute Gasteiger partial charge is 0.0128 e. The molecule has 1 aliphatic carbocycles.